The first kappa shape index (κ1) is 15.6. The lowest BCUT2D eigenvalue weighted by atomic mass is 9.59. The molecule has 130 valence electrons. The molecule has 0 N–H and O–H groups in total. The van der Waals surface area contributed by atoms with Crippen LogP contribution in [0.5, 0.6) is 0 Å². The van der Waals surface area contributed by atoms with Gasteiger partial charge in [-0.1, -0.05) is 48.5 Å². The van der Waals surface area contributed by atoms with E-state index in [1.807, 2.05) is 0 Å². The molecule has 2 nitrogen and oxygen atoms in total. The van der Waals surface area contributed by atoms with Gasteiger partial charge in [0.15, 0.2) is 0 Å². The van der Waals surface area contributed by atoms with Crippen molar-refractivity contribution in [2.45, 2.75) is 31.1 Å². The summed E-state index contributed by atoms with van der Waals surface area (Å²) in [6.07, 6.45) is 3.96. The van der Waals surface area contributed by atoms with Crippen molar-refractivity contribution >= 4 is 0 Å². The molecule has 0 saturated carbocycles. The van der Waals surface area contributed by atoms with Crippen LogP contribution in [0.15, 0.2) is 48.5 Å². The second kappa shape index (κ2) is 6.59. The Morgan fingerprint density at radius 2 is 1.44 bits per heavy atom. The fourth-order valence-corrected chi connectivity index (χ4v) is 5.36. The van der Waals surface area contributed by atoms with Crippen LogP contribution < -0.4 is 0 Å². The maximum atomic E-state index is 6.18. The van der Waals surface area contributed by atoms with Gasteiger partial charge >= 0.3 is 0 Å². The first-order valence-corrected chi connectivity index (χ1v) is 9.89. The van der Waals surface area contributed by atoms with Crippen molar-refractivity contribution in [1.82, 2.24) is 4.90 Å². The number of ether oxygens (including phenoxy) is 1. The highest BCUT2D eigenvalue weighted by atomic mass is 16.5. The van der Waals surface area contributed by atoms with Gasteiger partial charge in [-0.3, -0.25) is 0 Å². The van der Waals surface area contributed by atoms with Crippen molar-refractivity contribution in [3.8, 4) is 0 Å². The Bertz CT molecular complexity index is 702. The number of nitrogens with zero attached hydrogens (tertiary/aromatic N) is 1. The molecule has 0 spiro atoms. The largest absolute Gasteiger partial charge is 0.380 e. The van der Waals surface area contributed by atoms with E-state index in [4.69, 9.17) is 4.74 Å². The van der Waals surface area contributed by atoms with E-state index in [1.54, 1.807) is 22.3 Å². The fourth-order valence-electron chi connectivity index (χ4n) is 5.36. The Labute approximate surface area is 150 Å². The highest BCUT2D eigenvalue weighted by Gasteiger charge is 2.42. The van der Waals surface area contributed by atoms with Gasteiger partial charge in [0.25, 0.3) is 0 Å². The van der Waals surface area contributed by atoms with Gasteiger partial charge in [-0.25, -0.2) is 0 Å². The zero-order valence-electron chi connectivity index (χ0n) is 14.9. The molecule has 1 atom stereocenters. The number of hydrogen-bond acceptors (Lipinski definition) is 2. The second-order valence-electron chi connectivity index (χ2n) is 7.91. The Kier molecular flexibility index (Phi) is 4.11. The third-order valence-corrected chi connectivity index (χ3v) is 6.51. The number of rotatable bonds is 5. The van der Waals surface area contributed by atoms with Crippen LogP contribution in [-0.4, -0.2) is 37.7 Å². The average molecular weight is 333 g/mol. The Morgan fingerprint density at radius 3 is 2.08 bits per heavy atom. The first-order chi connectivity index (χ1) is 12.4. The average Bonchev–Trinajstić information content (AvgIpc) is 3.19. The summed E-state index contributed by atoms with van der Waals surface area (Å²) in [5, 5.41) is 0. The fraction of sp³-hybridized carbons (Fsp3) is 0.478. The summed E-state index contributed by atoms with van der Waals surface area (Å²) < 4.78 is 6.18. The standard InChI is InChI=1S/C23H27NO/c1-3-9-20-18(7-1)22-15-17(16-25-14-13-24-11-5-6-12-24)23(20)21-10-4-2-8-19(21)22/h1-4,7-10,17,22-23H,5-6,11-16H2. The molecule has 2 heteroatoms. The molecule has 1 aliphatic heterocycles. The van der Waals surface area contributed by atoms with E-state index >= 15 is 0 Å². The van der Waals surface area contributed by atoms with E-state index in [-0.39, 0.29) is 0 Å². The van der Waals surface area contributed by atoms with E-state index in [2.05, 4.69) is 53.4 Å². The highest BCUT2D eigenvalue weighted by molar-refractivity contribution is 5.55. The smallest absolute Gasteiger partial charge is 0.0593 e. The molecule has 1 saturated heterocycles. The van der Waals surface area contributed by atoms with Gasteiger partial charge in [-0.05, 0) is 60.5 Å². The van der Waals surface area contributed by atoms with E-state index < -0.39 is 0 Å². The molecule has 1 fully saturated rings. The summed E-state index contributed by atoms with van der Waals surface area (Å²) in [6.45, 7) is 5.42. The van der Waals surface area contributed by atoms with Crippen molar-refractivity contribution < 1.29 is 4.74 Å². The summed E-state index contributed by atoms with van der Waals surface area (Å²) in [5.41, 5.74) is 6.20. The van der Waals surface area contributed by atoms with Gasteiger partial charge in [0.2, 0.25) is 0 Å². The zero-order chi connectivity index (χ0) is 16.6. The van der Waals surface area contributed by atoms with Crippen molar-refractivity contribution in [2.75, 3.05) is 32.8 Å². The maximum Gasteiger partial charge on any atom is 0.0593 e. The Balaban J connectivity index is 1.33. The summed E-state index contributed by atoms with van der Waals surface area (Å²) in [5.74, 6) is 1.70. The van der Waals surface area contributed by atoms with Gasteiger partial charge < -0.3 is 9.64 Å². The van der Waals surface area contributed by atoms with Crippen molar-refractivity contribution in [3.63, 3.8) is 0 Å². The van der Waals surface area contributed by atoms with Crippen LogP contribution in [0.4, 0.5) is 0 Å². The van der Waals surface area contributed by atoms with Gasteiger partial charge in [0, 0.05) is 18.4 Å². The zero-order valence-corrected chi connectivity index (χ0v) is 14.9. The molecule has 2 aromatic carbocycles. The van der Waals surface area contributed by atoms with Gasteiger partial charge in [-0.2, -0.15) is 0 Å². The van der Waals surface area contributed by atoms with Crippen LogP contribution in [0, 0.1) is 5.92 Å². The summed E-state index contributed by atoms with van der Waals surface area (Å²) in [7, 11) is 0. The molecule has 6 rings (SSSR count). The minimum atomic E-state index is 0.518. The summed E-state index contributed by atoms with van der Waals surface area (Å²) in [4.78, 5) is 2.54. The second-order valence-corrected chi connectivity index (χ2v) is 7.91. The monoisotopic (exact) mass is 333 g/mol. The molecule has 25 heavy (non-hydrogen) atoms. The quantitative estimate of drug-likeness (QED) is 0.752. The molecule has 1 unspecified atom stereocenters. The summed E-state index contributed by atoms with van der Waals surface area (Å²) in [6, 6.07) is 18.2. The number of hydrogen-bond donors (Lipinski definition) is 0. The molecule has 3 aliphatic carbocycles. The molecular formula is C23H27NO. The van der Waals surface area contributed by atoms with Crippen LogP contribution in [0.25, 0.3) is 0 Å². The Hall–Kier alpha value is -1.64. The van der Waals surface area contributed by atoms with E-state index in [0.717, 1.165) is 19.8 Å². The lowest BCUT2D eigenvalue weighted by Gasteiger charge is -2.45. The molecule has 0 amide bonds. The third-order valence-electron chi connectivity index (χ3n) is 6.51. The van der Waals surface area contributed by atoms with Crippen molar-refractivity contribution in [3.05, 3.63) is 70.8 Å². The highest BCUT2D eigenvalue weighted by Crippen LogP contribution is 2.55. The van der Waals surface area contributed by atoms with E-state index in [0.29, 0.717) is 17.8 Å². The van der Waals surface area contributed by atoms with Crippen LogP contribution in [-0.2, 0) is 4.74 Å². The molecule has 2 bridgehead atoms. The van der Waals surface area contributed by atoms with Crippen LogP contribution in [0.2, 0.25) is 0 Å². The molecule has 4 aliphatic rings. The molecule has 1 heterocycles. The van der Waals surface area contributed by atoms with Gasteiger partial charge in [0.05, 0.1) is 13.2 Å². The van der Waals surface area contributed by atoms with Crippen LogP contribution in [0.1, 0.15) is 53.4 Å². The van der Waals surface area contributed by atoms with Crippen molar-refractivity contribution in [2.24, 2.45) is 5.92 Å². The third kappa shape index (κ3) is 2.72. The molecular weight excluding hydrogens is 306 g/mol. The molecule has 2 aromatic rings. The van der Waals surface area contributed by atoms with Crippen LogP contribution in [0.3, 0.4) is 0 Å². The van der Waals surface area contributed by atoms with Crippen LogP contribution >= 0.6 is 0 Å². The normalized spacial score (nSPS) is 27.3. The molecule has 0 aromatic heterocycles. The Morgan fingerprint density at radius 1 is 0.840 bits per heavy atom. The predicted octanol–water partition coefficient (Wildman–Crippen LogP) is 4.40. The van der Waals surface area contributed by atoms with Crippen molar-refractivity contribution in [1.29, 1.82) is 0 Å². The number of likely N-dealkylation sites (tertiary alicyclic amines) is 1. The number of fused-ring (bicyclic) bond motifs is 1. The minimum Gasteiger partial charge on any atom is -0.380 e. The summed E-state index contributed by atoms with van der Waals surface area (Å²) >= 11 is 0. The predicted molar refractivity (Wildman–Crippen MR) is 101 cm³/mol. The lowest BCUT2D eigenvalue weighted by Crippen LogP contribution is -2.35. The lowest BCUT2D eigenvalue weighted by molar-refractivity contribution is 0.0689. The minimum absolute atomic E-state index is 0.518. The van der Waals surface area contributed by atoms with E-state index in [1.165, 1.54) is 32.4 Å². The number of benzene rings is 2. The van der Waals surface area contributed by atoms with Gasteiger partial charge in [-0.15, -0.1) is 0 Å². The maximum absolute atomic E-state index is 6.18. The SMILES string of the molecule is c1ccc2c(c1)C1CC(COCCN3CCCC3)C2c2ccccc21. The van der Waals surface area contributed by atoms with E-state index in [9.17, 15) is 0 Å². The topological polar surface area (TPSA) is 12.5 Å². The molecule has 0 radical (unpaired) electrons. The first-order valence-electron chi connectivity index (χ1n) is 9.89. The van der Waals surface area contributed by atoms with Gasteiger partial charge in [0.1, 0.15) is 0 Å².